The van der Waals surface area contributed by atoms with Crippen molar-refractivity contribution in [1.82, 2.24) is 4.90 Å². The molecule has 0 N–H and O–H groups in total. The molecule has 2 aromatic rings. The summed E-state index contributed by atoms with van der Waals surface area (Å²) in [5.41, 5.74) is 0. The van der Waals surface area contributed by atoms with E-state index in [-0.39, 0.29) is 7.92 Å². The Morgan fingerprint density at radius 2 is 1.30 bits per heavy atom. The molecule has 6 atom stereocenters. The van der Waals surface area contributed by atoms with Gasteiger partial charge in [0.05, 0.1) is 0 Å². The van der Waals surface area contributed by atoms with Gasteiger partial charge < -0.3 is 0 Å². The van der Waals surface area contributed by atoms with Crippen molar-refractivity contribution in [1.29, 1.82) is 0 Å². The van der Waals surface area contributed by atoms with Crippen LogP contribution in [-0.2, 0) is 6.51 Å². The van der Waals surface area contributed by atoms with Crippen molar-refractivity contribution in [2.75, 3.05) is 14.1 Å². The molecular formula is C26H27BrFeNP. The normalized spacial score (nSPS) is 78.9. The van der Waals surface area contributed by atoms with E-state index >= 15 is 0 Å². The van der Waals surface area contributed by atoms with Gasteiger partial charge in [-0.1, -0.05) is 0 Å². The number of nitrogens with zero attached hydrogens (tertiary/aromatic N) is 1. The number of hydrogen-bond donors (Lipinski definition) is 0. The van der Waals surface area contributed by atoms with Crippen molar-refractivity contribution in [2.24, 2.45) is 0 Å². The van der Waals surface area contributed by atoms with E-state index in [1.165, 1.54) is 33.7 Å². The molecule has 10 aliphatic rings. The van der Waals surface area contributed by atoms with Crippen molar-refractivity contribution in [2.45, 2.75) is 58.3 Å². The van der Waals surface area contributed by atoms with Gasteiger partial charge in [0.1, 0.15) is 0 Å². The summed E-state index contributed by atoms with van der Waals surface area (Å²) in [4.78, 5) is 11.5. The number of alkyl halides is 1. The van der Waals surface area contributed by atoms with E-state index in [0.717, 1.165) is 14.4 Å². The van der Waals surface area contributed by atoms with Gasteiger partial charge in [0.25, 0.3) is 0 Å². The molecular weight excluding hydrogens is 493 g/mol. The molecule has 6 unspecified atom stereocenters. The predicted octanol–water partition coefficient (Wildman–Crippen LogP) is 6.04. The first kappa shape index (κ1) is 14.9. The minimum absolute atomic E-state index is 0.258. The second-order valence-electron chi connectivity index (χ2n) is 14.4. The quantitative estimate of drug-likeness (QED) is 0.264. The third-order valence-corrected chi connectivity index (χ3v) is 76.6. The van der Waals surface area contributed by atoms with Crippen LogP contribution in [0.2, 0.25) is 38.0 Å². The summed E-state index contributed by atoms with van der Waals surface area (Å²) in [5.74, 6) is 0. The third kappa shape index (κ3) is 0.254. The molecule has 10 heterocycles. The molecule has 156 valence electrons. The molecule has 10 saturated heterocycles. The molecule has 1 spiro atoms. The van der Waals surface area contributed by atoms with Crippen LogP contribution in [0.15, 0.2) is 60.7 Å². The number of rotatable bonds is 5. The zero-order chi connectivity index (χ0) is 19.8. The first-order valence-electron chi connectivity index (χ1n) is 11.7. The predicted molar refractivity (Wildman–Crippen MR) is 126 cm³/mol. The van der Waals surface area contributed by atoms with Crippen LogP contribution in [0.4, 0.5) is 0 Å². The van der Waals surface area contributed by atoms with Gasteiger partial charge in [0.2, 0.25) is 0 Å². The van der Waals surface area contributed by atoms with E-state index < -0.39 is 6.51 Å². The molecule has 10 fully saturated rings. The van der Waals surface area contributed by atoms with Crippen LogP contribution in [0.1, 0.15) is 6.92 Å². The SMILES string of the molecule is CC(N(C)C)[C]12[CH]3[CH]4[C]5(P(c6ccccc6)c6ccccc6)[C]1(Br)[Fe]34251678[CH]2[CH]1[CH]6[CH]7[CH]28. The number of hydrogen-bond acceptors (Lipinski definition) is 1. The Morgan fingerprint density at radius 3 is 1.67 bits per heavy atom. The second kappa shape index (κ2) is 1.89. The van der Waals surface area contributed by atoms with Crippen LogP contribution in [-0.4, -0.2) is 32.3 Å². The number of benzene rings is 2. The van der Waals surface area contributed by atoms with Crippen LogP contribution in [0.3, 0.4) is 0 Å². The molecule has 0 bridgehead atoms. The molecule has 0 amide bonds. The fourth-order valence-corrected chi connectivity index (χ4v) is 126. The van der Waals surface area contributed by atoms with Crippen molar-refractivity contribution < 1.29 is 6.51 Å². The zero-order valence-electron chi connectivity index (χ0n) is 17.5. The molecule has 2 aromatic carbocycles. The maximum absolute atomic E-state index is 4.90. The molecule has 0 aliphatic carbocycles. The van der Waals surface area contributed by atoms with Gasteiger partial charge in [0, 0.05) is 0 Å². The summed E-state index contributed by atoms with van der Waals surface area (Å²) in [7, 11) is 4.51. The van der Waals surface area contributed by atoms with Crippen LogP contribution < -0.4 is 10.6 Å². The second-order valence-corrected chi connectivity index (χ2v) is 42.0. The fraction of sp³-hybridized carbons (Fsp3) is 0.538. The van der Waals surface area contributed by atoms with E-state index in [9.17, 15) is 0 Å². The first-order valence-corrected chi connectivity index (χ1v) is 20.0. The molecule has 0 aromatic heterocycles. The standard InChI is InChI=1S/C21H22BrNP.C5H5.Fe/c1-16(23(2)3)19-14-15-20(21(19)22)24(17-10-6-4-7-11-17)18-12-8-5-9-13-18;1-2-4-5-3-1;/h4-16H,1-3H3;1-5H;. The minimum atomic E-state index is -3.74. The third-order valence-electron chi connectivity index (χ3n) is 18.6. The van der Waals surface area contributed by atoms with Crippen molar-refractivity contribution >= 4 is 34.5 Å². The van der Waals surface area contributed by atoms with E-state index in [1.54, 1.807) is 10.6 Å². The van der Waals surface area contributed by atoms with Gasteiger partial charge >= 0.3 is 179 Å². The average molecular weight is 520 g/mol. The van der Waals surface area contributed by atoms with E-state index in [1.807, 2.05) is 0 Å². The van der Waals surface area contributed by atoms with E-state index in [2.05, 4.69) is 86.6 Å². The topological polar surface area (TPSA) is 3.24 Å². The van der Waals surface area contributed by atoms with Crippen LogP contribution in [0.25, 0.3) is 0 Å². The fourth-order valence-electron chi connectivity index (χ4n) is 20.5. The van der Waals surface area contributed by atoms with E-state index in [0.29, 0.717) is 3.22 Å². The van der Waals surface area contributed by atoms with Gasteiger partial charge in [-0.3, -0.25) is 0 Å². The van der Waals surface area contributed by atoms with Crippen molar-refractivity contribution in [3.05, 3.63) is 60.7 Å². The summed E-state index contributed by atoms with van der Waals surface area (Å²) in [6.45, 7) is -1.10. The van der Waals surface area contributed by atoms with Gasteiger partial charge in [-0.25, -0.2) is 0 Å². The molecule has 12 rings (SSSR count). The Hall–Kier alpha value is -0.171. The van der Waals surface area contributed by atoms with E-state index in [4.69, 9.17) is 15.9 Å². The van der Waals surface area contributed by atoms with Crippen molar-refractivity contribution in [3.8, 4) is 0 Å². The van der Waals surface area contributed by atoms with Crippen LogP contribution in [0.5, 0.6) is 0 Å². The van der Waals surface area contributed by atoms with Crippen molar-refractivity contribution in [3.63, 3.8) is 0 Å². The summed E-state index contributed by atoms with van der Waals surface area (Å²) in [5, 5.41) is 3.39. The Labute approximate surface area is 178 Å². The Morgan fingerprint density at radius 1 is 0.833 bits per heavy atom. The Balaban J connectivity index is 1.27. The molecule has 0 saturated carbocycles. The number of fused-ring (bicyclic) bond motifs is 10. The monoisotopic (exact) mass is 519 g/mol. The summed E-state index contributed by atoms with van der Waals surface area (Å²) in [6.07, 6.45) is 0. The Bertz CT molecular complexity index is 1620. The van der Waals surface area contributed by atoms with Gasteiger partial charge in [0.15, 0.2) is 0 Å². The summed E-state index contributed by atoms with van der Waals surface area (Å²) < 4.78 is 2.13. The molecule has 10 aliphatic heterocycles. The van der Waals surface area contributed by atoms with Gasteiger partial charge in [-0.2, -0.15) is 0 Å². The maximum atomic E-state index is 4.90. The summed E-state index contributed by atoms with van der Waals surface area (Å²) in [6, 6.07) is 24.5. The molecule has 1 nitrogen and oxygen atoms in total. The Kier molecular flexibility index (Phi) is 0.935. The number of halogens is 1. The van der Waals surface area contributed by atoms with Gasteiger partial charge in [-0.05, 0) is 0 Å². The molecule has 30 heavy (non-hydrogen) atoms. The average Bonchev–Trinajstić information content (AvgIpc) is 3.72. The van der Waals surface area contributed by atoms with Crippen LogP contribution in [0, 0.1) is 0 Å². The zero-order valence-corrected chi connectivity index (χ0v) is 21.1. The van der Waals surface area contributed by atoms with Crippen LogP contribution >= 0.6 is 23.9 Å². The first-order chi connectivity index (χ1) is 14.3. The van der Waals surface area contributed by atoms with Gasteiger partial charge in [-0.15, -0.1) is 0 Å². The molecule has 4 heteroatoms. The summed E-state index contributed by atoms with van der Waals surface area (Å²) >= 11 is 4.90. The molecule has 0 radical (unpaired) electrons.